The maximum atomic E-state index is 11.1. The van der Waals surface area contributed by atoms with Crippen LogP contribution >= 0.6 is 0 Å². The van der Waals surface area contributed by atoms with E-state index in [4.69, 9.17) is 4.74 Å². The van der Waals surface area contributed by atoms with E-state index < -0.39 is 6.09 Å². The van der Waals surface area contributed by atoms with Crippen LogP contribution in [-0.4, -0.2) is 22.3 Å². The summed E-state index contributed by atoms with van der Waals surface area (Å²) < 4.78 is 6.49. The number of carbonyl (C=O) groups excluding carboxylic acids is 1. The second-order valence-corrected chi connectivity index (χ2v) is 2.96. The molecule has 0 atom stereocenters. The molecule has 0 aliphatic heterocycles. The Labute approximate surface area is 86.7 Å². The van der Waals surface area contributed by atoms with Crippen molar-refractivity contribution in [3.05, 3.63) is 30.6 Å². The van der Waals surface area contributed by atoms with Gasteiger partial charge >= 0.3 is 6.09 Å². The summed E-state index contributed by atoms with van der Waals surface area (Å²) in [5, 5.41) is 6.67. The van der Waals surface area contributed by atoms with Crippen LogP contribution in [0.4, 0.5) is 10.5 Å². The van der Waals surface area contributed by atoms with Crippen LogP contribution in [0, 0.1) is 0 Å². The van der Waals surface area contributed by atoms with Gasteiger partial charge in [0.05, 0.1) is 12.1 Å². The fraction of sp³-hybridized carbons (Fsp3) is 0.200. The quantitative estimate of drug-likeness (QED) is 0.814. The molecule has 78 valence electrons. The molecule has 0 unspecified atom stereocenters. The van der Waals surface area contributed by atoms with Crippen LogP contribution in [0.3, 0.4) is 0 Å². The van der Waals surface area contributed by atoms with Crippen LogP contribution in [0.5, 0.6) is 0 Å². The lowest BCUT2D eigenvalue weighted by Gasteiger charge is -2.04. The van der Waals surface area contributed by atoms with Crippen LogP contribution in [-0.2, 0) is 4.74 Å². The largest absolute Gasteiger partial charge is 0.450 e. The normalized spacial score (nSPS) is 10.2. The highest BCUT2D eigenvalue weighted by molar-refractivity contribution is 5.85. The Hall–Kier alpha value is -2.04. The van der Waals surface area contributed by atoms with Gasteiger partial charge in [-0.15, -0.1) is 0 Å². The number of ether oxygens (including phenoxy) is 1. The third-order valence-electron chi connectivity index (χ3n) is 1.92. The van der Waals surface area contributed by atoms with Gasteiger partial charge in [0.2, 0.25) is 0 Å². The van der Waals surface area contributed by atoms with Crippen molar-refractivity contribution < 1.29 is 9.53 Å². The smallest absolute Gasteiger partial charge is 0.411 e. The van der Waals surface area contributed by atoms with Gasteiger partial charge in [0.25, 0.3) is 0 Å². The van der Waals surface area contributed by atoms with Crippen molar-refractivity contribution in [3.63, 3.8) is 0 Å². The van der Waals surface area contributed by atoms with Crippen molar-refractivity contribution in [2.45, 2.75) is 6.92 Å². The van der Waals surface area contributed by atoms with E-state index in [2.05, 4.69) is 10.4 Å². The molecule has 15 heavy (non-hydrogen) atoms. The number of nitrogens with one attached hydrogen (secondary N) is 1. The molecule has 0 saturated carbocycles. The molecule has 0 saturated heterocycles. The standard InChI is InChI=1S/C10H11N3O2/c1-2-15-10(14)12-8-4-6-13-9(7-8)3-5-11-13/h3-7H,2H2,1H3,(H,12,14). The molecule has 0 bridgehead atoms. The zero-order valence-electron chi connectivity index (χ0n) is 8.30. The fourth-order valence-corrected chi connectivity index (χ4v) is 1.28. The van der Waals surface area contributed by atoms with Crippen molar-refractivity contribution in [2.75, 3.05) is 11.9 Å². The number of rotatable bonds is 2. The average molecular weight is 205 g/mol. The van der Waals surface area contributed by atoms with Crippen molar-refractivity contribution in [1.29, 1.82) is 0 Å². The molecule has 0 aromatic carbocycles. The van der Waals surface area contributed by atoms with Gasteiger partial charge in [0.1, 0.15) is 0 Å². The Bertz CT molecular complexity index is 478. The Morgan fingerprint density at radius 2 is 2.47 bits per heavy atom. The Morgan fingerprint density at radius 3 is 3.27 bits per heavy atom. The van der Waals surface area contributed by atoms with Gasteiger partial charge in [0.15, 0.2) is 0 Å². The van der Waals surface area contributed by atoms with Gasteiger partial charge < -0.3 is 4.74 Å². The van der Waals surface area contributed by atoms with E-state index >= 15 is 0 Å². The number of anilines is 1. The lowest BCUT2D eigenvalue weighted by Crippen LogP contribution is -2.13. The Kier molecular flexibility index (Phi) is 2.53. The maximum Gasteiger partial charge on any atom is 0.411 e. The summed E-state index contributed by atoms with van der Waals surface area (Å²) in [6.45, 7) is 2.13. The minimum absolute atomic E-state index is 0.362. The number of hydrogen-bond donors (Lipinski definition) is 1. The molecule has 0 spiro atoms. The molecule has 5 heteroatoms. The Balaban J connectivity index is 2.17. The lowest BCUT2D eigenvalue weighted by atomic mass is 10.3. The summed E-state index contributed by atoms with van der Waals surface area (Å²) in [5.41, 5.74) is 1.62. The highest BCUT2D eigenvalue weighted by atomic mass is 16.5. The third-order valence-corrected chi connectivity index (χ3v) is 1.92. The van der Waals surface area contributed by atoms with Gasteiger partial charge in [-0.05, 0) is 25.1 Å². The summed E-state index contributed by atoms with van der Waals surface area (Å²) in [4.78, 5) is 11.1. The number of pyridine rings is 1. The molecule has 5 nitrogen and oxygen atoms in total. The van der Waals surface area contributed by atoms with Gasteiger partial charge in [-0.2, -0.15) is 5.10 Å². The number of hydrogen-bond acceptors (Lipinski definition) is 3. The number of amides is 1. The molecular formula is C10H11N3O2. The number of carbonyl (C=O) groups is 1. The molecule has 0 aliphatic rings. The molecule has 1 N–H and O–H groups in total. The number of aromatic nitrogens is 2. The van der Waals surface area contributed by atoms with Gasteiger partial charge in [-0.25, -0.2) is 9.31 Å². The first kappa shape index (κ1) is 9.51. The topological polar surface area (TPSA) is 55.6 Å². The SMILES string of the molecule is CCOC(=O)Nc1ccn2nccc2c1. The molecule has 2 rings (SSSR count). The molecule has 0 aliphatic carbocycles. The predicted octanol–water partition coefficient (Wildman–Crippen LogP) is 1.90. The Morgan fingerprint density at radius 1 is 1.60 bits per heavy atom. The molecule has 0 fully saturated rings. The van der Waals surface area contributed by atoms with Gasteiger partial charge in [-0.3, -0.25) is 5.32 Å². The minimum Gasteiger partial charge on any atom is -0.450 e. The number of nitrogens with zero attached hydrogens (tertiary/aromatic N) is 2. The second-order valence-electron chi connectivity index (χ2n) is 2.96. The first-order valence-corrected chi connectivity index (χ1v) is 4.67. The van der Waals surface area contributed by atoms with Crippen LogP contribution in [0.25, 0.3) is 5.52 Å². The van der Waals surface area contributed by atoms with E-state index in [1.807, 2.05) is 12.1 Å². The summed E-state index contributed by atoms with van der Waals surface area (Å²) in [5.74, 6) is 0. The van der Waals surface area contributed by atoms with Gasteiger partial charge in [-0.1, -0.05) is 0 Å². The molecular weight excluding hydrogens is 194 g/mol. The van der Waals surface area contributed by atoms with Crippen LogP contribution < -0.4 is 5.32 Å². The van der Waals surface area contributed by atoms with Crippen molar-refractivity contribution in [1.82, 2.24) is 9.61 Å². The van der Waals surface area contributed by atoms with E-state index in [0.717, 1.165) is 5.52 Å². The molecule has 1 amide bonds. The van der Waals surface area contributed by atoms with E-state index in [0.29, 0.717) is 12.3 Å². The highest BCUT2D eigenvalue weighted by Crippen LogP contribution is 2.11. The molecule has 2 aromatic heterocycles. The molecule has 2 aromatic rings. The zero-order valence-corrected chi connectivity index (χ0v) is 8.30. The summed E-state index contributed by atoms with van der Waals surface area (Å²) in [7, 11) is 0. The van der Waals surface area contributed by atoms with E-state index in [1.165, 1.54) is 0 Å². The first-order chi connectivity index (χ1) is 7.29. The van der Waals surface area contributed by atoms with E-state index in [1.54, 1.807) is 29.9 Å². The third kappa shape index (κ3) is 2.07. The van der Waals surface area contributed by atoms with E-state index in [-0.39, 0.29) is 0 Å². The molecule has 2 heterocycles. The van der Waals surface area contributed by atoms with Crippen molar-refractivity contribution in [2.24, 2.45) is 0 Å². The van der Waals surface area contributed by atoms with Crippen LogP contribution in [0.15, 0.2) is 30.6 Å². The number of fused-ring (bicyclic) bond motifs is 1. The second kappa shape index (κ2) is 4.00. The summed E-state index contributed by atoms with van der Waals surface area (Å²) in [6, 6.07) is 5.44. The van der Waals surface area contributed by atoms with Gasteiger partial charge in [0, 0.05) is 18.1 Å². The average Bonchev–Trinajstić information content (AvgIpc) is 2.65. The predicted molar refractivity (Wildman–Crippen MR) is 55.8 cm³/mol. The highest BCUT2D eigenvalue weighted by Gasteiger charge is 2.02. The molecule has 0 radical (unpaired) electrons. The zero-order chi connectivity index (χ0) is 10.7. The van der Waals surface area contributed by atoms with Crippen LogP contribution in [0.2, 0.25) is 0 Å². The first-order valence-electron chi connectivity index (χ1n) is 4.67. The monoisotopic (exact) mass is 205 g/mol. The fourth-order valence-electron chi connectivity index (χ4n) is 1.28. The van der Waals surface area contributed by atoms with Crippen molar-refractivity contribution in [3.8, 4) is 0 Å². The van der Waals surface area contributed by atoms with Crippen molar-refractivity contribution >= 4 is 17.3 Å². The van der Waals surface area contributed by atoms with E-state index in [9.17, 15) is 4.79 Å². The lowest BCUT2D eigenvalue weighted by molar-refractivity contribution is 0.168. The summed E-state index contributed by atoms with van der Waals surface area (Å²) in [6.07, 6.45) is 3.03. The maximum absolute atomic E-state index is 11.1. The minimum atomic E-state index is -0.443. The van der Waals surface area contributed by atoms with Crippen LogP contribution in [0.1, 0.15) is 6.92 Å². The summed E-state index contributed by atoms with van der Waals surface area (Å²) >= 11 is 0.